The first-order chi connectivity index (χ1) is 14.5. The Morgan fingerprint density at radius 1 is 0.833 bits per heavy atom. The second-order valence-corrected chi connectivity index (χ2v) is 9.48. The fourth-order valence-corrected chi connectivity index (χ4v) is 5.28. The van der Waals surface area contributed by atoms with Crippen molar-refractivity contribution in [2.45, 2.75) is 83.0 Å². The average Bonchev–Trinajstić information content (AvgIpc) is 2.78. The van der Waals surface area contributed by atoms with Crippen LogP contribution in [0.5, 0.6) is 0 Å². The van der Waals surface area contributed by atoms with Gasteiger partial charge in [-0.3, -0.25) is 0 Å². The van der Waals surface area contributed by atoms with Crippen molar-refractivity contribution < 1.29 is 27.4 Å². The summed E-state index contributed by atoms with van der Waals surface area (Å²) in [5, 5.41) is 0. The maximum Gasteiger partial charge on any atom is 0.285 e. The maximum absolute atomic E-state index is 13.6. The van der Waals surface area contributed by atoms with E-state index in [9.17, 15) is 13.2 Å². The third-order valence-electron chi connectivity index (χ3n) is 7.25. The van der Waals surface area contributed by atoms with Crippen molar-refractivity contribution in [2.75, 3.05) is 19.8 Å². The van der Waals surface area contributed by atoms with Gasteiger partial charge in [0, 0.05) is 11.3 Å². The Bertz CT molecular complexity index is 683. The number of unbranched alkanes of at least 4 members (excludes halogenated alkanes) is 4. The molecule has 168 valence electrons. The normalized spacial score (nSPS) is 33.7. The van der Waals surface area contributed by atoms with Crippen LogP contribution in [-0.4, -0.2) is 25.8 Å². The van der Waals surface area contributed by atoms with Gasteiger partial charge < -0.3 is 14.2 Å². The zero-order chi connectivity index (χ0) is 21.2. The Hall–Kier alpha value is -1.11. The highest BCUT2D eigenvalue weighted by Crippen LogP contribution is 2.50. The molecule has 1 aliphatic carbocycles. The monoisotopic (exact) mass is 426 g/mol. The molecule has 0 radical (unpaired) electrons. The molecule has 4 fully saturated rings. The highest BCUT2D eigenvalue weighted by atomic mass is 19.2. The Morgan fingerprint density at radius 2 is 1.40 bits per heavy atom. The molecule has 0 unspecified atom stereocenters. The topological polar surface area (TPSA) is 27.7 Å². The Balaban J connectivity index is 1.29. The van der Waals surface area contributed by atoms with Crippen LogP contribution in [0.15, 0.2) is 12.1 Å². The van der Waals surface area contributed by atoms with Crippen LogP contribution in [-0.2, 0) is 14.2 Å². The Labute approximate surface area is 177 Å². The van der Waals surface area contributed by atoms with Crippen LogP contribution in [0.4, 0.5) is 13.2 Å². The van der Waals surface area contributed by atoms with E-state index in [2.05, 4.69) is 6.92 Å². The fourth-order valence-electron chi connectivity index (χ4n) is 5.28. The summed E-state index contributed by atoms with van der Waals surface area (Å²) in [6.45, 7) is 4.25. The van der Waals surface area contributed by atoms with Gasteiger partial charge in [-0.2, -0.15) is 0 Å². The van der Waals surface area contributed by atoms with Crippen molar-refractivity contribution in [1.82, 2.24) is 0 Å². The van der Waals surface area contributed by atoms with Crippen LogP contribution in [0, 0.1) is 28.8 Å². The lowest BCUT2D eigenvalue weighted by Crippen LogP contribution is -2.63. The van der Waals surface area contributed by atoms with Crippen molar-refractivity contribution in [3.63, 3.8) is 0 Å². The Morgan fingerprint density at radius 3 is 1.97 bits per heavy atom. The van der Waals surface area contributed by atoms with Gasteiger partial charge in [0.25, 0.3) is 5.97 Å². The van der Waals surface area contributed by atoms with Crippen LogP contribution in [0.2, 0.25) is 0 Å². The lowest BCUT2D eigenvalue weighted by Gasteiger charge is -2.55. The van der Waals surface area contributed by atoms with Crippen molar-refractivity contribution in [1.29, 1.82) is 0 Å². The summed E-state index contributed by atoms with van der Waals surface area (Å²) in [7, 11) is 0. The second kappa shape index (κ2) is 9.17. The molecule has 0 aromatic heterocycles. The molecular formula is C24H33F3O3. The maximum atomic E-state index is 13.6. The summed E-state index contributed by atoms with van der Waals surface area (Å²) in [6.07, 6.45) is 10.4. The largest absolute Gasteiger partial charge is 0.326 e. The first-order valence-electron chi connectivity index (χ1n) is 11.5. The lowest BCUT2D eigenvalue weighted by molar-refractivity contribution is -0.488. The summed E-state index contributed by atoms with van der Waals surface area (Å²) in [6, 6.07) is 2.25. The molecule has 30 heavy (non-hydrogen) atoms. The molecule has 3 heterocycles. The highest BCUT2D eigenvalue weighted by molar-refractivity contribution is 5.23. The molecule has 1 aromatic carbocycles. The molecule has 3 nitrogen and oxygen atoms in total. The van der Waals surface area contributed by atoms with E-state index >= 15 is 0 Å². The summed E-state index contributed by atoms with van der Waals surface area (Å²) < 4.78 is 58.9. The Kier molecular flexibility index (Phi) is 6.76. The number of rotatable bonds is 8. The van der Waals surface area contributed by atoms with Gasteiger partial charge in [0.05, 0.1) is 19.8 Å². The zero-order valence-electron chi connectivity index (χ0n) is 17.9. The van der Waals surface area contributed by atoms with E-state index in [1.54, 1.807) is 0 Å². The molecule has 2 bridgehead atoms. The summed E-state index contributed by atoms with van der Waals surface area (Å²) in [5.41, 5.74) is 0.508. The number of hydrogen-bond acceptors (Lipinski definition) is 3. The second-order valence-electron chi connectivity index (χ2n) is 9.48. The number of hydrogen-bond donors (Lipinski definition) is 0. The molecule has 3 aliphatic heterocycles. The van der Waals surface area contributed by atoms with E-state index in [0.717, 1.165) is 44.2 Å². The van der Waals surface area contributed by atoms with E-state index in [0.29, 0.717) is 25.4 Å². The molecule has 1 saturated carbocycles. The predicted octanol–water partition coefficient (Wildman–Crippen LogP) is 6.46. The molecule has 0 atom stereocenters. The molecule has 3 saturated heterocycles. The van der Waals surface area contributed by atoms with Gasteiger partial charge in [0.2, 0.25) is 0 Å². The molecule has 0 N–H and O–H groups in total. The van der Waals surface area contributed by atoms with Crippen LogP contribution in [0.25, 0.3) is 0 Å². The summed E-state index contributed by atoms with van der Waals surface area (Å²) >= 11 is 0. The standard InChI is InChI=1S/C24H33F3O3/c1-2-3-4-5-6-11-23-14-28-24(29-15-23,30-16-23)19-9-7-17(8-10-19)18-12-20(25)22(27)21(26)13-18/h12-13,17,19H,2-11,14-16H2,1H3. The molecular weight excluding hydrogens is 393 g/mol. The minimum Gasteiger partial charge on any atom is -0.326 e. The van der Waals surface area contributed by atoms with Crippen molar-refractivity contribution in [3.8, 4) is 0 Å². The minimum atomic E-state index is -1.40. The first kappa shape index (κ1) is 22.1. The quantitative estimate of drug-likeness (QED) is 0.353. The van der Waals surface area contributed by atoms with Gasteiger partial charge >= 0.3 is 0 Å². The minimum absolute atomic E-state index is 0.0108. The van der Waals surface area contributed by atoms with Gasteiger partial charge in [-0.25, -0.2) is 13.2 Å². The molecule has 5 rings (SSSR count). The number of fused-ring (bicyclic) bond motifs is 3. The fraction of sp³-hybridized carbons (Fsp3) is 0.750. The van der Waals surface area contributed by atoms with Gasteiger partial charge in [-0.15, -0.1) is 0 Å². The molecule has 4 aliphatic rings. The molecule has 0 spiro atoms. The smallest absolute Gasteiger partial charge is 0.285 e. The van der Waals surface area contributed by atoms with Gasteiger partial charge in [-0.05, 0) is 55.7 Å². The first-order valence-corrected chi connectivity index (χ1v) is 11.5. The van der Waals surface area contributed by atoms with Crippen molar-refractivity contribution >= 4 is 0 Å². The van der Waals surface area contributed by atoms with Crippen LogP contribution in [0.3, 0.4) is 0 Å². The molecule has 1 aromatic rings. The van der Waals surface area contributed by atoms with Crippen molar-refractivity contribution in [3.05, 3.63) is 35.1 Å². The zero-order valence-corrected chi connectivity index (χ0v) is 17.9. The van der Waals surface area contributed by atoms with Gasteiger partial charge in [0.15, 0.2) is 17.5 Å². The number of benzene rings is 1. The molecule has 6 heteroatoms. The summed E-state index contributed by atoms with van der Waals surface area (Å²) in [4.78, 5) is 0. The van der Waals surface area contributed by atoms with E-state index in [-0.39, 0.29) is 17.3 Å². The van der Waals surface area contributed by atoms with Gasteiger partial charge in [-0.1, -0.05) is 39.0 Å². The number of ether oxygens (including phenoxy) is 3. The van der Waals surface area contributed by atoms with Crippen LogP contribution in [0.1, 0.15) is 82.6 Å². The van der Waals surface area contributed by atoms with E-state index in [1.165, 1.54) is 32.1 Å². The van der Waals surface area contributed by atoms with Gasteiger partial charge in [0.1, 0.15) is 0 Å². The molecule has 0 amide bonds. The SMILES string of the molecule is CCCCCCCC12COC(C3CCC(c4cc(F)c(F)c(F)c4)CC3)(OC1)OC2. The van der Waals surface area contributed by atoms with E-state index in [4.69, 9.17) is 14.2 Å². The highest BCUT2D eigenvalue weighted by Gasteiger charge is 2.56. The average molecular weight is 427 g/mol. The lowest BCUT2D eigenvalue weighted by atomic mass is 9.76. The predicted molar refractivity (Wildman–Crippen MR) is 107 cm³/mol. The van der Waals surface area contributed by atoms with Crippen LogP contribution < -0.4 is 0 Å². The third kappa shape index (κ3) is 4.42. The third-order valence-corrected chi connectivity index (χ3v) is 7.25. The summed E-state index contributed by atoms with van der Waals surface area (Å²) in [5.74, 6) is -4.49. The van der Waals surface area contributed by atoms with E-state index in [1.807, 2.05) is 0 Å². The van der Waals surface area contributed by atoms with Crippen LogP contribution >= 0.6 is 0 Å². The number of halogens is 3. The van der Waals surface area contributed by atoms with Crippen molar-refractivity contribution in [2.24, 2.45) is 11.3 Å². The van der Waals surface area contributed by atoms with E-state index < -0.39 is 23.4 Å².